The molecule has 86 valence electrons. The van der Waals surface area contributed by atoms with Gasteiger partial charge in [-0.15, -0.1) is 0 Å². The predicted octanol–water partition coefficient (Wildman–Crippen LogP) is 4.27. The van der Waals surface area contributed by atoms with Gasteiger partial charge in [0.15, 0.2) is 0 Å². The molecule has 0 N–H and O–H groups in total. The Morgan fingerprint density at radius 2 is 2.00 bits per heavy atom. The minimum Gasteiger partial charge on any atom is -0.378 e. The second-order valence-electron chi connectivity index (χ2n) is 3.59. The number of ether oxygens (including phenoxy) is 1. The number of hydrogen-bond donors (Lipinski definition) is 0. The average Bonchev–Trinajstić information content (AvgIpc) is 3.03. The van der Waals surface area contributed by atoms with Crippen molar-refractivity contribution < 1.29 is 4.74 Å². The van der Waals surface area contributed by atoms with Crippen molar-refractivity contribution in [1.82, 2.24) is 0 Å². The third-order valence-corrected chi connectivity index (χ3v) is 1.96. The number of rotatable bonds is 6. The van der Waals surface area contributed by atoms with Crippen LogP contribution in [0, 0.1) is 0 Å². The molecule has 1 fully saturated rings. The Labute approximate surface area is 94.5 Å². The molecule has 0 spiro atoms. The highest BCUT2D eigenvalue weighted by Gasteiger charge is 2.21. The first-order valence-corrected chi connectivity index (χ1v) is 5.82. The fourth-order valence-electron chi connectivity index (χ4n) is 1.13. The van der Waals surface area contributed by atoms with Crippen molar-refractivity contribution in [3.05, 3.63) is 36.5 Å². The van der Waals surface area contributed by atoms with Crippen LogP contribution in [0.5, 0.6) is 0 Å². The van der Waals surface area contributed by atoms with E-state index < -0.39 is 0 Å². The largest absolute Gasteiger partial charge is 0.378 e. The lowest BCUT2D eigenvalue weighted by Crippen LogP contribution is -1.97. The fraction of sp³-hybridized carbons (Fsp3) is 0.571. The summed E-state index contributed by atoms with van der Waals surface area (Å²) >= 11 is 0. The summed E-state index contributed by atoms with van der Waals surface area (Å²) in [7, 11) is 0. The molecule has 0 atom stereocenters. The third-order valence-electron chi connectivity index (χ3n) is 1.96. The van der Waals surface area contributed by atoms with Gasteiger partial charge in [0.05, 0.1) is 12.7 Å². The molecule has 0 amide bonds. The van der Waals surface area contributed by atoms with Gasteiger partial charge in [0, 0.05) is 0 Å². The van der Waals surface area contributed by atoms with Crippen LogP contribution in [0.3, 0.4) is 0 Å². The quantitative estimate of drug-likeness (QED) is 0.592. The van der Waals surface area contributed by atoms with E-state index in [1.54, 1.807) is 0 Å². The maximum Gasteiger partial charge on any atom is 0.0577 e. The summed E-state index contributed by atoms with van der Waals surface area (Å²) in [5.41, 5.74) is 2.29. The van der Waals surface area contributed by atoms with Crippen LogP contribution in [0.1, 0.15) is 40.0 Å². The topological polar surface area (TPSA) is 9.23 Å². The van der Waals surface area contributed by atoms with Gasteiger partial charge in [-0.25, -0.2) is 0 Å². The van der Waals surface area contributed by atoms with Crippen LogP contribution in [-0.2, 0) is 4.74 Å². The van der Waals surface area contributed by atoms with E-state index in [1.165, 1.54) is 18.4 Å². The molecule has 0 aromatic heterocycles. The minimum absolute atomic E-state index is 0.552. The maximum absolute atomic E-state index is 5.55. The predicted molar refractivity (Wildman–Crippen MR) is 68.0 cm³/mol. The van der Waals surface area contributed by atoms with Gasteiger partial charge in [-0.05, 0) is 31.8 Å². The lowest BCUT2D eigenvalue weighted by Gasteiger charge is -2.03. The van der Waals surface area contributed by atoms with E-state index in [4.69, 9.17) is 4.74 Å². The maximum atomic E-state index is 5.55. The lowest BCUT2D eigenvalue weighted by molar-refractivity contribution is 0.123. The second-order valence-corrected chi connectivity index (χ2v) is 3.59. The lowest BCUT2D eigenvalue weighted by atomic mass is 10.1. The highest BCUT2D eigenvalue weighted by Crippen LogP contribution is 2.23. The van der Waals surface area contributed by atoms with E-state index in [2.05, 4.69) is 19.2 Å². The van der Waals surface area contributed by atoms with Gasteiger partial charge in [-0.2, -0.15) is 0 Å². The Morgan fingerprint density at radius 3 is 2.40 bits per heavy atom. The van der Waals surface area contributed by atoms with Crippen LogP contribution in [0.15, 0.2) is 36.5 Å². The first kappa shape index (κ1) is 14.2. The molecule has 0 aliphatic heterocycles. The summed E-state index contributed by atoms with van der Waals surface area (Å²) in [6.07, 6.45) is 7.93. The average molecular weight is 208 g/mol. The molecular weight excluding hydrogens is 184 g/mol. The van der Waals surface area contributed by atoms with Crippen LogP contribution in [0.2, 0.25) is 0 Å². The summed E-state index contributed by atoms with van der Waals surface area (Å²) in [6.45, 7) is 14.4. The zero-order valence-corrected chi connectivity index (χ0v) is 10.4. The molecule has 1 saturated carbocycles. The summed E-state index contributed by atoms with van der Waals surface area (Å²) in [5, 5.41) is 0. The van der Waals surface area contributed by atoms with Gasteiger partial charge >= 0.3 is 0 Å². The molecule has 1 aliphatic rings. The van der Waals surface area contributed by atoms with Crippen molar-refractivity contribution in [3.8, 4) is 0 Å². The SMILES string of the molecule is C=C/C(=C\C(=C)C)CCOC1CC1.CC. The van der Waals surface area contributed by atoms with Gasteiger partial charge in [-0.3, -0.25) is 0 Å². The Bertz CT molecular complexity index is 221. The van der Waals surface area contributed by atoms with E-state index >= 15 is 0 Å². The molecule has 0 radical (unpaired) electrons. The Morgan fingerprint density at radius 1 is 1.40 bits per heavy atom. The van der Waals surface area contributed by atoms with E-state index in [1.807, 2.05) is 26.8 Å². The van der Waals surface area contributed by atoms with Gasteiger partial charge in [-0.1, -0.05) is 44.7 Å². The number of allylic oxidation sites excluding steroid dienone is 3. The Kier molecular flexibility index (Phi) is 8.02. The molecule has 1 heteroatoms. The van der Waals surface area contributed by atoms with Crippen molar-refractivity contribution >= 4 is 0 Å². The van der Waals surface area contributed by atoms with Crippen LogP contribution in [-0.4, -0.2) is 12.7 Å². The molecule has 1 rings (SSSR count). The zero-order valence-electron chi connectivity index (χ0n) is 10.4. The van der Waals surface area contributed by atoms with Crippen LogP contribution >= 0.6 is 0 Å². The molecule has 0 saturated heterocycles. The summed E-state index contributed by atoms with van der Waals surface area (Å²) in [4.78, 5) is 0. The standard InChI is InChI=1S/C12H18O.C2H6/c1-4-11(9-10(2)3)7-8-13-12-5-6-12;1-2/h4,9,12H,1-2,5-8H2,3H3;1-2H3/b11-9+;. The summed E-state index contributed by atoms with van der Waals surface area (Å²) < 4.78 is 5.55. The fourth-order valence-corrected chi connectivity index (χ4v) is 1.13. The van der Waals surface area contributed by atoms with Crippen molar-refractivity contribution in [2.75, 3.05) is 6.61 Å². The number of hydrogen-bond acceptors (Lipinski definition) is 1. The molecule has 0 bridgehead atoms. The van der Waals surface area contributed by atoms with E-state index in [-0.39, 0.29) is 0 Å². The normalized spacial score (nSPS) is 15.3. The van der Waals surface area contributed by atoms with Gasteiger partial charge in [0.25, 0.3) is 0 Å². The van der Waals surface area contributed by atoms with Gasteiger partial charge < -0.3 is 4.74 Å². The molecule has 0 aromatic carbocycles. The molecule has 1 aliphatic carbocycles. The van der Waals surface area contributed by atoms with Crippen molar-refractivity contribution in [1.29, 1.82) is 0 Å². The van der Waals surface area contributed by atoms with Crippen molar-refractivity contribution in [2.24, 2.45) is 0 Å². The highest BCUT2D eigenvalue weighted by atomic mass is 16.5. The first-order chi connectivity index (χ1) is 7.22. The minimum atomic E-state index is 0.552. The molecule has 0 heterocycles. The first-order valence-electron chi connectivity index (χ1n) is 5.82. The third kappa shape index (κ3) is 8.19. The smallest absolute Gasteiger partial charge is 0.0577 e. The Hall–Kier alpha value is -0.820. The zero-order chi connectivity index (χ0) is 11.7. The van der Waals surface area contributed by atoms with E-state index in [0.717, 1.165) is 18.6 Å². The Balaban J connectivity index is 0.000000921. The molecule has 15 heavy (non-hydrogen) atoms. The van der Waals surface area contributed by atoms with Gasteiger partial charge in [0.1, 0.15) is 0 Å². The van der Waals surface area contributed by atoms with Crippen LogP contribution in [0.25, 0.3) is 0 Å². The van der Waals surface area contributed by atoms with Crippen molar-refractivity contribution in [3.63, 3.8) is 0 Å². The van der Waals surface area contributed by atoms with E-state index in [0.29, 0.717) is 6.10 Å². The highest BCUT2D eigenvalue weighted by molar-refractivity contribution is 5.26. The molecule has 0 unspecified atom stereocenters. The van der Waals surface area contributed by atoms with Crippen LogP contribution in [0.4, 0.5) is 0 Å². The summed E-state index contributed by atoms with van der Waals surface area (Å²) in [6, 6.07) is 0. The van der Waals surface area contributed by atoms with Crippen LogP contribution < -0.4 is 0 Å². The second kappa shape index (κ2) is 8.49. The van der Waals surface area contributed by atoms with Gasteiger partial charge in [0.2, 0.25) is 0 Å². The molecule has 0 aromatic rings. The van der Waals surface area contributed by atoms with Crippen molar-refractivity contribution in [2.45, 2.75) is 46.1 Å². The van der Waals surface area contributed by atoms with E-state index in [9.17, 15) is 0 Å². The molecule has 1 nitrogen and oxygen atoms in total. The monoisotopic (exact) mass is 208 g/mol. The molecular formula is C14H24O. The summed E-state index contributed by atoms with van der Waals surface area (Å²) in [5.74, 6) is 0.